The van der Waals surface area contributed by atoms with Gasteiger partial charge in [-0.25, -0.2) is 4.39 Å². The van der Waals surface area contributed by atoms with Gasteiger partial charge in [-0.2, -0.15) is 0 Å². The number of nitrogens with zero attached hydrogens (tertiary/aromatic N) is 2. The summed E-state index contributed by atoms with van der Waals surface area (Å²) >= 11 is 1.50. The Kier molecular flexibility index (Phi) is 4.04. The van der Waals surface area contributed by atoms with Gasteiger partial charge in [-0.15, -0.1) is 10.2 Å². The van der Waals surface area contributed by atoms with Gasteiger partial charge >= 0.3 is 0 Å². The summed E-state index contributed by atoms with van der Waals surface area (Å²) in [5.74, 6) is -0.235. The second-order valence-electron chi connectivity index (χ2n) is 4.24. The third-order valence-electron chi connectivity index (χ3n) is 2.61. The van der Waals surface area contributed by atoms with Gasteiger partial charge in [0.25, 0.3) is 0 Å². The Bertz CT molecular complexity index is 519. The number of aryl methyl sites for hydroxylation is 1. The van der Waals surface area contributed by atoms with Gasteiger partial charge in [0.15, 0.2) is 0 Å². The molecule has 0 aliphatic carbocycles. The van der Waals surface area contributed by atoms with Crippen LogP contribution < -0.4 is 5.32 Å². The molecule has 2 rings (SSSR count). The average molecular weight is 265 g/mol. The molecule has 18 heavy (non-hydrogen) atoms. The zero-order chi connectivity index (χ0) is 13.1. The first kappa shape index (κ1) is 13.1. The van der Waals surface area contributed by atoms with Crippen LogP contribution in [0.2, 0.25) is 0 Å². The van der Waals surface area contributed by atoms with Crippen molar-refractivity contribution >= 4 is 11.3 Å². The van der Waals surface area contributed by atoms with Gasteiger partial charge in [0.1, 0.15) is 15.8 Å². The maximum absolute atomic E-state index is 13.3. The number of halogens is 1. The van der Waals surface area contributed by atoms with Gasteiger partial charge in [-0.1, -0.05) is 18.3 Å². The SMILES string of the molecule is CCNC(C)c1nnc(-c2cc(C)cc(F)c2)s1. The molecule has 0 spiro atoms. The lowest BCUT2D eigenvalue weighted by atomic mass is 10.1. The highest BCUT2D eigenvalue weighted by Gasteiger charge is 2.12. The molecule has 5 heteroatoms. The molecule has 1 N–H and O–H groups in total. The average Bonchev–Trinajstić information content (AvgIpc) is 2.77. The van der Waals surface area contributed by atoms with E-state index in [1.165, 1.54) is 23.5 Å². The third kappa shape index (κ3) is 2.91. The molecule has 1 heterocycles. The number of hydrogen-bond donors (Lipinski definition) is 1. The maximum Gasteiger partial charge on any atom is 0.147 e. The first-order chi connectivity index (χ1) is 8.60. The summed E-state index contributed by atoms with van der Waals surface area (Å²) in [4.78, 5) is 0. The Balaban J connectivity index is 2.29. The summed E-state index contributed by atoms with van der Waals surface area (Å²) < 4.78 is 13.3. The van der Waals surface area contributed by atoms with Crippen molar-refractivity contribution in [3.05, 3.63) is 34.6 Å². The minimum absolute atomic E-state index is 0.177. The number of aromatic nitrogens is 2. The van der Waals surface area contributed by atoms with Gasteiger partial charge in [0.05, 0.1) is 6.04 Å². The molecule has 2 aromatic rings. The number of rotatable bonds is 4. The van der Waals surface area contributed by atoms with Crippen LogP contribution in [0.15, 0.2) is 18.2 Å². The topological polar surface area (TPSA) is 37.8 Å². The van der Waals surface area contributed by atoms with E-state index < -0.39 is 0 Å². The molecule has 3 nitrogen and oxygen atoms in total. The minimum Gasteiger partial charge on any atom is -0.308 e. The van der Waals surface area contributed by atoms with Crippen molar-refractivity contribution in [2.75, 3.05) is 6.54 Å². The molecule has 0 saturated carbocycles. The lowest BCUT2D eigenvalue weighted by Gasteiger charge is -2.06. The quantitative estimate of drug-likeness (QED) is 0.921. The van der Waals surface area contributed by atoms with Gasteiger partial charge in [0, 0.05) is 5.56 Å². The van der Waals surface area contributed by atoms with E-state index in [4.69, 9.17) is 0 Å². The first-order valence-corrected chi connectivity index (χ1v) is 6.76. The highest BCUT2D eigenvalue weighted by atomic mass is 32.1. The Morgan fingerprint density at radius 3 is 2.78 bits per heavy atom. The largest absolute Gasteiger partial charge is 0.308 e. The molecule has 1 aromatic heterocycles. The van der Waals surface area contributed by atoms with Crippen molar-refractivity contribution in [1.82, 2.24) is 15.5 Å². The third-order valence-corrected chi connectivity index (χ3v) is 3.77. The van der Waals surface area contributed by atoms with Crippen molar-refractivity contribution in [3.8, 4) is 10.6 Å². The standard InChI is InChI=1S/C13H16FN3S/c1-4-15-9(3)12-16-17-13(18-12)10-5-8(2)6-11(14)7-10/h5-7,9,15H,4H2,1-3H3. The fourth-order valence-electron chi connectivity index (χ4n) is 1.78. The fourth-order valence-corrected chi connectivity index (χ4v) is 2.64. The number of benzene rings is 1. The molecular weight excluding hydrogens is 249 g/mol. The van der Waals surface area contributed by atoms with E-state index in [0.717, 1.165) is 27.7 Å². The predicted molar refractivity (Wildman–Crippen MR) is 72.1 cm³/mol. The molecule has 1 aromatic carbocycles. The van der Waals surface area contributed by atoms with Crippen LogP contribution in [0, 0.1) is 12.7 Å². The second-order valence-corrected chi connectivity index (χ2v) is 5.25. The first-order valence-electron chi connectivity index (χ1n) is 5.94. The van der Waals surface area contributed by atoms with Crippen molar-refractivity contribution in [2.45, 2.75) is 26.8 Å². The van der Waals surface area contributed by atoms with Crippen LogP contribution in [0.1, 0.15) is 30.5 Å². The molecule has 96 valence electrons. The van der Waals surface area contributed by atoms with Crippen molar-refractivity contribution in [2.24, 2.45) is 0 Å². The smallest absolute Gasteiger partial charge is 0.147 e. The Labute approximate surface area is 110 Å². The zero-order valence-electron chi connectivity index (χ0n) is 10.7. The van der Waals surface area contributed by atoms with Crippen LogP contribution in [0.4, 0.5) is 4.39 Å². The summed E-state index contributed by atoms with van der Waals surface area (Å²) in [6, 6.07) is 5.10. The Morgan fingerprint density at radius 2 is 2.11 bits per heavy atom. The molecule has 0 aliphatic rings. The van der Waals surface area contributed by atoms with Crippen LogP contribution >= 0.6 is 11.3 Å². The Hall–Kier alpha value is -1.33. The number of hydrogen-bond acceptors (Lipinski definition) is 4. The van der Waals surface area contributed by atoms with Gasteiger partial charge in [-0.3, -0.25) is 0 Å². The fraction of sp³-hybridized carbons (Fsp3) is 0.385. The lowest BCUT2D eigenvalue weighted by molar-refractivity contribution is 0.590. The van der Waals surface area contributed by atoms with Crippen LogP contribution in [-0.4, -0.2) is 16.7 Å². The minimum atomic E-state index is -0.235. The van der Waals surface area contributed by atoms with Crippen molar-refractivity contribution in [3.63, 3.8) is 0 Å². The summed E-state index contributed by atoms with van der Waals surface area (Å²) in [5.41, 5.74) is 1.68. The molecular formula is C13H16FN3S. The molecule has 0 radical (unpaired) electrons. The normalized spacial score (nSPS) is 12.7. The highest BCUT2D eigenvalue weighted by molar-refractivity contribution is 7.14. The second kappa shape index (κ2) is 5.54. The lowest BCUT2D eigenvalue weighted by Crippen LogP contribution is -2.17. The summed E-state index contributed by atoms with van der Waals surface area (Å²) in [7, 11) is 0. The van der Waals surface area contributed by atoms with Crippen molar-refractivity contribution in [1.29, 1.82) is 0 Å². The summed E-state index contributed by atoms with van der Waals surface area (Å²) in [5, 5.41) is 13.3. The van der Waals surface area contributed by atoms with E-state index in [-0.39, 0.29) is 11.9 Å². The Morgan fingerprint density at radius 1 is 1.33 bits per heavy atom. The van der Waals surface area contributed by atoms with Crippen LogP contribution in [0.25, 0.3) is 10.6 Å². The van der Waals surface area contributed by atoms with Crippen LogP contribution in [0.3, 0.4) is 0 Å². The van der Waals surface area contributed by atoms with Crippen LogP contribution in [-0.2, 0) is 0 Å². The van der Waals surface area contributed by atoms with Gasteiger partial charge in [-0.05, 0) is 44.2 Å². The van der Waals surface area contributed by atoms with E-state index >= 15 is 0 Å². The monoisotopic (exact) mass is 265 g/mol. The van der Waals surface area contributed by atoms with E-state index in [2.05, 4.69) is 15.5 Å². The maximum atomic E-state index is 13.3. The van der Waals surface area contributed by atoms with E-state index in [1.54, 1.807) is 0 Å². The molecule has 1 unspecified atom stereocenters. The van der Waals surface area contributed by atoms with E-state index in [1.807, 2.05) is 26.8 Å². The van der Waals surface area contributed by atoms with Crippen LogP contribution in [0.5, 0.6) is 0 Å². The van der Waals surface area contributed by atoms with Gasteiger partial charge < -0.3 is 5.32 Å². The van der Waals surface area contributed by atoms with Gasteiger partial charge in [0.2, 0.25) is 0 Å². The molecule has 0 fully saturated rings. The molecule has 0 bridgehead atoms. The highest BCUT2D eigenvalue weighted by Crippen LogP contribution is 2.27. The summed E-state index contributed by atoms with van der Waals surface area (Å²) in [6.45, 7) is 6.85. The van der Waals surface area contributed by atoms with E-state index in [0.29, 0.717) is 0 Å². The molecule has 0 amide bonds. The van der Waals surface area contributed by atoms with Crippen molar-refractivity contribution < 1.29 is 4.39 Å². The zero-order valence-corrected chi connectivity index (χ0v) is 11.5. The molecule has 0 aliphatic heterocycles. The van der Waals surface area contributed by atoms with E-state index in [9.17, 15) is 4.39 Å². The molecule has 1 atom stereocenters. The molecule has 0 saturated heterocycles. The summed E-state index contributed by atoms with van der Waals surface area (Å²) in [6.07, 6.45) is 0. The predicted octanol–water partition coefficient (Wildman–Crippen LogP) is 3.32. The number of nitrogens with one attached hydrogen (secondary N) is 1.